The average molecular weight is 187 g/mol. The molecular formula is C7H13N3O3. The Kier molecular flexibility index (Phi) is 3.50. The summed E-state index contributed by atoms with van der Waals surface area (Å²) in [6, 6.07) is -0.647. The van der Waals surface area contributed by atoms with Crippen molar-refractivity contribution in [3.63, 3.8) is 0 Å². The highest BCUT2D eigenvalue weighted by atomic mass is 16.7. The summed E-state index contributed by atoms with van der Waals surface area (Å²) in [5.41, 5.74) is 8.25. The van der Waals surface area contributed by atoms with Gasteiger partial charge in [-0.05, 0) is 18.9 Å². The van der Waals surface area contributed by atoms with Crippen molar-refractivity contribution in [3.8, 4) is 0 Å². The summed E-state index contributed by atoms with van der Waals surface area (Å²) < 4.78 is 10.3. The number of azide groups is 1. The molecule has 0 aromatic rings. The van der Waals surface area contributed by atoms with Gasteiger partial charge >= 0.3 is 0 Å². The molecule has 1 aliphatic rings. The van der Waals surface area contributed by atoms with Crippen molar-refractivity contribution >= 4 is 0 Å². The van der Waals surface area contributed by atoms with E-state index in [-0.39, 0.29) is 6.10 Å². The molecule has 1 saturated heterocycles. The van der Waals surface area contributed by atoms with Gasteiger partial charge in [0.15, 0.2) is 6.29 Å². The molecule has 1 fully saturated rings. The predicted octanol–water partition coefficient (Wildman–Crippen LogP) is 0.807. The van der Waals surface area contributed by atoms with E-state index in [0.29, 0.717) is 6.42 Å². The normalized spacial score (nSPS) is 39.6. The van der Waals surface area contributed by atoms with Gasteiger partial charge in [0, 0.05) is 12.0 Å². The van der Waals surface area contributed by atoms with Crippen molar-refractivity contribution in [2.45, 2.75) is 37.9 Å². The minimum atomic E-state index is -0.690. The first kappa shape index (κ1) is 10.3. The summed E-state index contributed by atoms with van der Waals surface area (Å²) in [4.78, 5) is 2.64. The lowest BCUT2D eigenvalue weighted by atomic mass is 10.0. The van der Waals surface area contributed by atoms with Gasteiger partial charge in [-0.25, -0.2) is 0 Å². The number of aliphatic hydroxyl groups excluding tert-OH is 1. The van der Waals surface area contributed by atoms with Crippen LogP contribution in [0.25, 0.3) is 10.4 Å². The van der Waals surface area contributed by atoms with Crippen LogP contribution in [0, 0.1) is 0 Å². The van der Waals surface area contributed by atoms with Crippen LogP contribution in [-0.2, 0) is 9.47 Å². The fraction of sp³-hybridized carbons (Fsp3) is 1.00. The number of nitrogens with zero attached hydrogens (tertiary/aromatic N) is 3. The molecule has 1 heterocycles. The third-order valence-corrected chi connectivity index (χ3v) is 2.03. The fourth-order valence-electron chi connectivity index (χ4n) is 1.41. The molecule has 1 N–H and O–H groups in total. The van der Waals surface area contributed by atoms with Gasteiger partial charge in [-0.3, -0.25) is 0 Å². The molecule has 1 aliphatic heterocycles. The van der Waals surface area contributed by atoms with Crippen LogP contribution in [0.3, 0.4) is 0 Å². The van der Waals surface area contributed by atoms with Crippen LogP contribution in [0.5, 0.6) is 0 Å². The molecule has 0 spiro atoms. The van der Waals surface area contributed by atoms with E-state index in [2.05, 4.69) is 10.0 Å². The molecule has 0 unspecified atom stereocenters. The summed E-state index contributed by atoms with van der Waals surface area (Å²) in [7, 11) is 1.45. The molecule has 0 aromatic carbocycles. The van der Waals surface area contributed by atoms with E-state index in [0.717, 1.165) is 0 Å². The minimum Gasteiger partial charge on any atom is -0.392 e. The second-order valence-corrected chi connectivity index (χ2v) is 3.05. The molecular weight excluding hydrogens is 174 g/mol. The van der Waals surface area contributed by atoms with Crippen LogP contribution in [0.15, 0.2) is 5.11 Å². The van der Waals surface area contributed by atoms with Crippen LogP contribution in [0.2, 0.25) is 0 Å². The molecule has 0 bridgehead atoms. The topological polar surface area (TPSA) is 87.5 Å². The van der Waals surface area contributed by atoms with E-state index in [4.69, 9.17) is 15.0 Å². The Labute approximate surface area is 76.1 Å². The molecule has 6 nitrogen and oxygen atoms in total. The summed E-state index contributed by atoms with van der Waals surface area (Å²) in [5.74, 6) is 0. The highest BCUT2D eigenvalue weighted by molar-refractivity contribution is 4.85. The molecule has 1 rings (SSSR count). The molecule has 0 radical (unpaired) electrons. The van der Waals surface area contributed by atoms with Crippen LogP contribution in [0.4, 0.5) is 0 Å². The van der Waals surface area contributed by atoms with Gasteiger partial charge in [-0.2, -0.15) is 0 Å². The lowest BCUT2D eigenvalue weighted by Crippen LogP contribution is -2.47. The predicted molar refractivity (Wildman–Crippen MR) is 44.9 cm³/mol. The van der Waals surface area contributed by atoms with E-state index < -0.39 is 18.4 Å². The summed E-state index contributed by atoms with van der Waals surface area (Å²) in [6.07, 6.45) is -0.951. The maximum atomic E-state index is 9.55. The standard InChI is InChI=1S/C7H13N3O3/c1-4-3-5(11)6(9-10-8)7(12-2)13-4/h4-7,11H,3H2,1-2H3/t4-,5-,6+,7-/m1/s1. The van der Waals surface area contributed by atoms with Gasteiger partial charge in [0.25, 0.3) is 0 Å². The zero-order chi connectivity index (χ0) is 9.84. The average Bonchev–Trinajstić information content (AvgIpc) is 2.09. The van der Waals surface area contributed by atoms with Crippen molar-refractivity contribution in [1.82, 2.24) is 0 Å². The van der Waals surface area contributed by atoms with Crippen LogP contribution >= 0.6 is 0 Å². The van der Waals surface area contributed by atoms with Crippen molar-refractivity contribution in [2.75, 3.05) is 7.11 Å². The van der Waals surface area contributed by atoms with Crippen LogP contribution < -0.4 is 0 Å². The smallest absolute Gasteiger partial charge is 0.168 e. The Morgan fingerprint density at radius 3 is 2.92 bits per heavy atom. The number of hydrogen-bond acceptors (Lipinski definition) is 4. The largest absolute Gasteiger partial charge is 0.392 e. The summed E-state index contributed by atoms with van der Waals surface area (Å²) >= 11 is 0. The number of methoxy groups -OCH3 is 1. The van der Waals surface area contributed by atoms with Crippen molar-refractivity contribution < 1.29 is 14.6 Å². The van der Waals surface area contributed by atoms with E-state index in [1.165, 1.54) is 7.11 Å². The highest BCUT2D eigenvalue weighted by Crippen LogP contribution is 2.23. The zero-order valence-electron chi connectivity index (χ0n) is 7.62. The molecule has 0 saturated carbocycles. The van der Waals surface area contributed by atoms with Crippen LogP contribution in [0.1, 0.15) is 13.3 Å². The first-order valence-electron chi connectivity index (χ1n) is 4.09. The number of hydrogen-bond donors (Lipinski definition) is 1. The van der Waals surface area contributed by atoms with Gasteiger partial charge in [0.2, 0.25) is 0 Å². The second kappa shape index (κ2) is 4.43. The zero-order valence-corrected chi connectivity index (χ0v) is 7.62. The monoisotopic (exact) mass is 187 g/mol. The summed E-state index contributed by atoms with van der Waals surface area (Å²) in [5, 5.41) is 13.0. The first-order chi connectivity index (χ1) is 6.19. The Balaban J connectivity index is 2.71. The maximum Gasteiger partial charge on any atom is 0.168 e. The lowest BCUT2D eigenvalue weighted by molar-refractivity contribution is -0.209. The quantitative estimate of drug-likeness (QED) is 0.394. The van der Waals surface area contributed by atoms with Gasteiger partial charge in [0.1, 0.15) is 6.04 Å². The van der Waals surface area contributed by atoms with Gasteiger partial charge < -0.3 is 14.6 Å². The van der Waals surface area contributed by atoms with E-state index in [9.17, 15) is 5.11 Å². The number of rotatable bonds is 2. The maximum absolute atomic E-state index is 9.55. The van der Waals surface area contributed by atoms with Gasteiger partial charge in [-0.1, -0.05) is 5.11 Å². The third-order valence-electron chi connectivity index (χ3n) is 2.03. The molecule has 0 amide bonds. The number of aliphatic hydroxyl groups is 1. The molecule has 6 heteroatoms. The fourth-order valence-corrected chi connectivity index (χ4v) is 1.41. The van der Waals surface area contributed by atoms with E-state index >= 15 is 0 Å². The first-order valence-corrected chi connectivity index (χ1v) is 4.09. The Hall–Kier alpha value is -0.810. The Morgan fingerprint density at radius 2 is 2.38 bits per heavy atom. The van der Waals surface area contributed by atoms with Gasteiger partial charge in [0.05, 0.1) is 12.2 Å². The molecule has 74 valence electrons. The van der Waals surface area contributed by atoms with E-state index in [1.54, 1.807) is 0 Å². The molecule has 0 aromatic heterocycles. The molecule has 13 heavy (non-hydrogen) atoms. The lowest BCUT2D eigenvalue weighted by Gasteiger charge is -2.35. The molecule has 4 atom stereocenters. The van der Waals surface area contributed by atoms with E-state index in [1.807, 2.05) is 6.92 Å². The van der Waals surface area contributed by atoms with Gasteiger partial charge in [-0.15, -0.1) is 0 Å². The third kappa shape index (κ3) is 2.32. The Bertz CT molecular complexity index is 217. The number of ether oxygens (including phenoxy) is 2. The Morgan fingerprint density at radius 1 is 1.69 bits per heavy atom. The molecule has 0 aliphatic carbocycles. The highest BCUT2D eigenvalue weighted by Gasteiger charge is 2.35. The van der Waals surface area contributed by atoms with Crippen LogP contribution in [-0.4, -0.2) is 36.8 Å². The van der Waals surface area contributed by atoms with Crippen molar-refractivity contribution in [2.24, 2.45) is 5.11 Å². The van der Waals surface area contributed by atoms with Crippen molar-refractivity contribution in [3.05, 3.63) is 10.4 Å². The SMILES string of the molecule is CO[C@@H]1O[C@H](C)C[C@@H](O)[C@@H]1N=[N+]=[N-]. The van der Waals surface area contributed by atoms with Crippen molar-refractivity contribution in [1.29, 1.82) is 0 Å². The minimum absolute atomic E-state index is 0.0786. The summed E-state index contributed by atoms with van der Waals surface area (Å²) in [6.45, 7) is 1.83. The second-order valence-electron chi connectivity index (χ2n) is 3.05.